The van der Waals surface area contributed by atoms with Crippen molar-refractivity contribution in [1.82, 2.24) is 19.7 Å². The molecule has 1 aliphatic heterocycles. The number of carbonyl (C=O) groups is 1. The Balaban J connectivity index is 2.05. The lowest BCUT2D eigenvalue weighted by molar-refractivity contribution is 0.0196. The minimum absolute atomic E-state index is 0.288. The minimum Gasteiger partial charge on any atom is -0.444 e. The van der Waals surface area contributed by atoms with Crippen molar-refractivity contribution < 1.29 is 9.53 Å². The molecule has 1 aliphatic rings. The molecule has 0 fully saturated rings. The van der Waals surface area contributed by atoms with Crippen LogP contribution in [0, 0.1) is 0 Å². The number of carbonyl (C=O) groups excluding carboxylic acids is 1. The van der Waals surface area contributed by atoms with E-state index in [0.29, 0.717) is 13.1 Å². The van der Waals surface area contributed by atoms with Crippen LogP contribution in [-0.2, 0) is 17.8 Å². The largest absolute Gasteiger partial charge is 0.444 e. The van der Waals surface area contributed by atoms with Crippen LogP contribution in [0.4, 0.5) is 4.79 Å². The summed E-state index contributed by atoms with van der Waals surface area (Å²) in [6.45, 7) is 7.43. The van der Waals surface area contributed by atoms with Crippen LogP contribution >= 0.6 is 0 Å². The molecule has 0 saturated carbocycles. The summed E-state index contributed by atoms with van der Waals surface area (Å²) in [6.07, 6.45) is -0.288. The molecule has 0 spiro atoms. The van der Waals surface area contributed by atoms with Gasteiger partial charge in [-0.3, -0.25) is 4.90 Å². The molecule has 1 aromatic heterocycles. The smallest absolute Gasteiger partial charge is 0.410 e. The Hall–Kier alpha value is -1.53. The summed E-state index contributed by atoms with van der Waals surface area (Å²) >= 11 is 0. The van der Waals surface area contributed by atoms with E-state index in [1.54, 1.807) is 4.90 Å². The van der Waals surface area contributed by atoms with Gasteiger partial charge in [-0.2, -0.15) is 0 Å². The fourth-order valence-electron chi connectivity index (χ4n) is 1.79. The first-order chi connectivity index (χ1) is 7.87. The second-order valence-corrected chi connectivity index (χ2v) is 5.22. The lowest BCUT2D eigenvalue weighted by Crippen LogP contribution is -2.43. The van der Waals surface area contributed by atoms with Gasteiger partial charge in [0.2, 0.25) is 0 Å². The molecule has 2 rings (SSSR count). The topological polar surface area (TPSA) is 60.2 Å². The third kappa shape index (κ3) is 2.59. The average Bonchev–Trinajstić information content (AvgIpc) is 2.57. The van der Waals surface area contributed by atoms with E-state index in [-0.39, 0.29) is 6.09 Å². The van der Waals surface area contributed by atoms with Gasteiger partial charge in [-0.25, -0.2) is 4.79 Å². The van der Waals surface area contributed by atoms with Gasteiger partial charge in [0.15, 0.2) is 13.7 Å². The molecule has 17 heavy (non-hydrogen) atoms. The molecule has 0 aliphatic carbocycles. The highest BCUT2D eigenvalue weighted by molar-refractivity contribution is 6.29. The Morgan fingerprint density at radius 1 is 1.35 bits per heavy atom. The lowest BCUT2D eigenvalue weighted by atomic mass is 10.1. The van der Waals surface area contributed by atoms with Gasteiger partial charge in [-0.1, -0.05) is 0 Å². The Kier molecular flexibility index (Phi) is 2.85. The summed E-state index contributed by atoms with van der Waals surface area (Å²) in [7, 11) is 1.92. The summed E-state index contributed by atoms with van der Waals surface area (Å²) in [6, 6.07) is 0. The molecule has 1 aromatic rings. The fourth-order valence-corrected chi connectivity index (χ4v) is 1.79. The standard InChI is InChI=1S/C10H17BN4O2/c1-10(2,3)17-9(16)14-4-5-15-7(6-14)12-13-8(15)11/h4-6,11H2,1-3H3. The van der Waals surface area contributed by atoms with Crippen LogP contribution in [0.25, 0.3) is 0 Å². The summed E-state index contributed by atoms with van der Waals surface area (Å²) in [5.74, 6) is 0.819. The van der Waals surface area contributed by atoms with Crippen molar-refractivity contribution >= 4 is 19.7 Å². The molecule has 0 radical (unpaired) electrons. The molecule has 6 nitrogen and oxygen atoms in total. The summed E-state index contributed by atoms with van der Waals surface area (Å²) in [4.78, 5) is 13.5. The number of rotatable bonds is 0. The zero-order valence-corrected chi connectivity index (χ0v) is 10.7. The second-order valence-electron chi connectivity index (χ2n) is 5.22. The maximum absolute atomic E-state index is 11.9. The second kappa shape index (κ2) is 4.05. The molecule has 7 heteroatoms. The molecule has 0 unspecified atom stereocenters. The van der Waals surface area contributed by atoms with Gasteiger partial charge in [0.1, 0.15) is 5.60 Å². The Labute approximate surface area is 101 Å². The third-order valence-electron chi connectivity index (χ3n) is 2.59. The van der Waals surface area contributed by atoms with Crippen molar-refractivity contribution in [3.05, 3.63) is 5.82 Å². The number of amides is 1. The molecule has 0 atom stereocenters. The first kappa shape index (κ1) is 11.9. The van der Waals surface area contributed by atoms with Gasteiger partial charge in [0.25, 0.3) is 0 Å². The minimum atomic E-state index is -0.460. The van der Waals surface area contributed by atoms with Gasteiger partial charge in [-0.15, -0.1) is 10.2 Å². The van der Waals surface area contributed by atoms with Crippen LogP contribution in [0.5, 0.6) is 0 Å². The molecule has 0 saturated heterocycles. The van der Waals surface area contributed by atoms with Gasteiger partial charge >= 0.3 is 6.09 Å². The number of ether oxygens (including phenoxy) is 1. The van der Waals surface area contributed by atoms with E-state index in [2.05, 4.69) is 10.2 Å². The number of nitrogens with zero attached hydrogens (tertiary/aromatic N) is 4. The van der Waals surface area contributed by atoms with Crippen LogP contribution in [-0.4, -0.2) is 45.7 Å². The maximum Gasteiger partial charge on any atom is 0.410 e. The molecule has 0 bridgehead atoms. The summed E-state index contributed by atoms with van der Waals surface area (Å²) < 4.78 is 7.36. The highest BCUT2D eigenvalue weighted by Gasteiger charge is 2.27. The van der Waals surface area contributed by atoms with E-state index in [1.807, 2.05) is 33.2 Å². The molecular formula is C10H17BN4O2. The van der Waals surface area contributed by atoms with Crippen molar-refractivity contribution in [2.24, 2.45) is 0 Å². The number of hydrogen-bond acceptors (Lipinski definition) is 4. The van der Waals surface area contributed by atoms with Gasteiger partial charge in [0.05, 0.1) is 12.3 Å². The van der Waals surface area contributed by atoms with Crippen LogP contribution < -0.4 is 5.72 Å². The molecule has 1 amide bonds. The van der Waals surface area contributed by atoms with E-state index in [9.17, 15) is 4.79 Å². The average molecular weight is 236 g/mol. The maximum atomic E-state index is 11.9. The Morgan fingerprint density at radius 3 is 2.71 bits per heavy atom. The number of hydrogen-bond donors (Lipinski definition) is 0. The SMILES string of the molecule is Bc1nnc2n1CCN(C(=O)OC(C)(C)C)C2. The Bertz CT molecular complexity index is 438. The number of fused-ring (bicyclic) bond motifs is 1. The summed E-state index contributed by atoms with van der Waals surface area (Å²) in [5, 5.41) is 8.05. The normalized spacial score (nSPS) is 15.6. The predicted molar refractivity (Wildman–Crippen MR) is 64.8 cm³/mol. The quantitative estimate of drug-likeness (QED) is 0.558. The number of aromatic nitrogens is 3. The van der Waals surface area contributed by atoms with Crippen molar-refractivity contribution in [3.8, 4) is 0 Å². The van der Waals surface area contributed by atoms with Crippen LogP contribution in [0.3, 0.4) is 0 Å². The highest BCUT2D eigenvalue weighted by atomic mass is 16.6. The van der Waals surface area contributed by atoms with Crippen molar-refractivity contribution in [2.75, 3.05) is 6.54 Å². The lowest BCUT2D eigenvalue weighted by Gasteiger charge is -2.30. The third-order valence-corrected chi connectivity index (χ3v) is 2.59. The van der Waals surface area contributed by atoms with Gasteiger partial charge < -0.3 is 9.30 Å². The molecule has 2 heterocycles. The van der Waals surface area contributed by atoms with Gasteiger partial charge in [-0.05, 0) is 20.8 Å². The van der Waals surface area contributed by atoms with E-state index in [4.69, 9.17) is 4.74 Å². The molecular weight excluding hydrogens is 219 g/mol. The molecule has 0 aromatic carbocycles. The molecule has 0 N–H and O–H groups in total. The van der Waals surface area contributed by atoms with E-state index >= 15 is 0 Å². The first-order valence-electron chi connectivity index (χ1n) is 5.73. The predicted octanol–water partition coefficient (Wildman–Crippen LogP) is -0.713. The van der Waals surface area contributed by atoms with Crippen LogP contribution in [0.2, 0.25) is 0 Å². The van der Waals surface area contributed by atoms with Crippen LogP contribution in [0.15, 0.2) is 0 Å². The fraction of sp³-hybridized carbons (Fsp3) is 0.700. The van der Waals surface area contributed by atoms with E-state index in [0.717, 1.165) is 18.1 Å². The zero-order chi connectivity index (χ0) is 12.6. The van der Waals surface area contributed by atoms with Crippen molar-refractivity contribution in [3.63, 3.8) is 0 Å². The molecule has 92 valence electrons. The van der Waals surface area contributed by atoms with Crippen LogP contribution in [0.1, 0.15) is 26.6 Å². The first-order valence-corrected chi connectivity index (χ1v) is 5.73. The van der Waals surface area contributed by atoms with Crippen molar-refractivity contribution in [1.29, 1.82) is 0 Å². The van der Waals surface area contributed by atoms with E-state index in [1.165, 1.54) is 0 Å². The summed E-state index contributed by atoms with van der Waals surface area (Å²) in [5.41, 5.74) is 0.432. The monoisotopic (exact) mass is 236 g/mol. The van der Waals surface area contributed by atoms with E-state index < -0.39 is 5.60 Å². The highest BCUT2D eigenvalue weighted by Crippen LogP contribution is 2.14. The van der Waals surface area contributed by atoms with Crippen molar-refractivity contribution in [2.45, 2.75) is 39.5 Å². The zero-order valence-electron chi connectivity index (χ0n) is 10.7. The van der Waals surface area contributed by atoms with Gasteiger partial charge in [0, 0.05) is 13.1 Å². The Morgan fingerprint density at radius 2 is 2.06 bits per heavy atom.